The molecule has 110 valence electrons. The van der Waals surface area contributed by atoms with Crippen LogP contribution in [-0.4, -0.2) is 12.5 Å². The molecule has 0 aliphatic heterocycles. The fourth-order valence-corrected chi connectivity index (χ4v) is 1.78. The van der Waals surface area contributed by atoms with E-state index >= 15 is 0 Å². The Hall–Kier alpha value is -2.40. The van der Waals surface area contributed by atoms with Crippen molar-refractivity contribution in [3.05, 3.63) is 65.5 Å². The Kier molecular flexibility index (Phi) is 5.29. The zero-order valence-electron chi connectivity index (χ0n) is 11.5. The molecule has 0 saturated carbocycles. The molecule has 5 heteroatoms. The molecular formula is C16H17FN2O2. The third-order valence-corrected chi connectivity index (χ3v) is 2.87. The smallest absolute Gasteiger partial charge is 0.231 e. The number of nitrogens with two attached hydrogens (primary N) is 1. The van der Waals surface area contributed by atoms with Crippen LogP contribution in [0, 0.1) is 5.82 Å². The van der Waals surface area contributed by atoms with Crippen molar-refractivity contribution in [2.45, 2.75) is 13.2 Å². The van der Waals surface area contributed by atoms with Gasteiger partial charge in [-0.1, -0.05) is 24.3 Å². The van der Waals surface area contributed by atoms with Crippen molar-refractivity contribution in [2.24, 2.45) is 5.73 Å². The first kappa shape index (κ1) is 15.0. The second-order valence-electron chi connectivity index (χ2n) is 4.63. The lowest BCUT2D eigenvalue weighted by molar-refractivity contribution is -0.117. The largest absolute Gasteiger partial charge is 0.489 e. The van der Waals surface area contributed by atoms with E-state index in [1.807, 2.05) is 24.3 Å². The normalized spacial score (nSPS) is 10.3. The highest BCUT2D eigenvalue weighted by Crippen LogP contribution is 2.13. The molecule has 2 aromatic carbocycles. The van der Waals surface area contributed by atoms with Crippen molar-refractivity contribution < 1.29 is 13.9 Å². The second-order valence-corrected chi connectivity index (χ2v) is 4.63. The molecule has 2 aromatic rings. The number of halogens is 1. The van der Waals surface area contributed by atoms with Crippen LogP contribution < -0.4 is 15.8 Å². The molecule has 4 nitrogen and oxygen atoms in total. The van der Waals surface area contributed by atoms with E-state index in [4.69, 9.17) is 10.5 Å². The summed E-state index contributed by atoms with van der Waals surface area (Å²) in [6.07, 6.45) is 0. The molecule has 0 spiro atoms. The van der Waals surface area contributed by atoms with E-state index in [0.717, 1.165) is 11.1 Å². The first-order valence-electron chi connectivity index (χ1n) is 6.59. The van der Waals surface area contributed by atoms with Gasteiger partial charge >= 0.3 is 0 Å². The minimum atomic E-state index is -0.376. The van der Waals surface area contributed by atoms with Crippen LogP contribution in [0.5, 0.6) is 5.75 Å². The lowest BCUT2D eigenvalue weighted by atomic mass is 10.1. The Morgan fingerprint density at radius 2 is 1.67 bits per heavy atom. The summed E-state index contributed by atoms with van der Waals surface area (Å²) in [5, 5.41) is 2.94. The standard InChI is InChI=1S/C16H17FN2O2/c17-14-5-7-15(8-6-14)21-11-13-3-1-12(2-4-13)9-19-10-16(18)20/h1-8,19H,9-11H2,(H2,18,20). The Labute approximate surface area is 122 Å². The molecule has 0 heterocycles. The van der Waals surface area contributed by atoms with Gasteiger partial charge in [0, 0.05) is 6.54 Å². The van der Waals surface area contributed by atoms with Gasteiger partial charge < -0.3 is 15.8 Å². The van der Waals surface area contributed by atoms with Gasteiger partial charge in [-0.3, -0.25) is 4.79 Å². The average molecular weight is 288 g/mol. The highest BCUT2D eigenvalue weighted by molar-refractivity contribution is 5.75. The number of nitrogens with one attached hydrogen (secondary N) is 1. The molecule has 0 aliphatic carbocycles. The van der Waals surface area contributed by atoms with Crippen molar-refractivity contribution in [3.63, 3.8) is 0 Å². The van der Waals surface area contributed by atoms with Gasteiger partial charge in [0.15, 0.2) is 0 Å². The quantitative estimate of drug-likeness (QED) is 0.819. The third kappa shape index (κ3) is 5.24. The number of ether oxygens (including phenoxy) is 1. The number of benzene rings is 2. The predicted octanol–water partition coefficient (Wildman–Crippen LogP) is 1.98. The predicted molar refractivity (Wildman–Crippen MR) is 78.1 cm³/mol. The van der Waals surface area contributed by atoms with Crippen molar-refractivity contribution in [2.75, 3.05) is 6.54 Å². The Morgan fingerprint density at radius 1 is 1.05 bits per heavy atom. The van der Waals surface area contributed by atoms with Crippen LogP contribution in [0.3, 0.4) is 0 Å². The molecule has 2 rings (SSSR count). The van der Waals surface area contributed by atoms with Crippen LogP contribution in [-0.2, 0) is 17.9 Å². The van der Waals surface area contributed by atoms with Crippen molar-refractivity contribution in [1.82, 2.24) is 5.32 Å². The highest BCUT2D eigenvalue weighted by atomic mass is 19.1. The number of primary amides is 1. The summed E-state index contributed by atoms with van der Waals surface area (Å²) in [5.74, 6) is -0.0296. The van der Waals surface area contributed by atoms with Crippen molar-refractivity contribution in [3.8, 4) is 5.75 Å². The maximum Gasteiger partial charge on any atom is 0.231 e. The summed E-state index contributed by atoms with van der Waals surface area (Å²) >= 11 is 0. The van der Waals surface area contributed by atoms with Crippen LogP contribution in [0.4, 0.5) is 4.39 Å². The molecule has 21 heavy (non-hydrogen) atoms. The zero-order valence-corrected chi connectivity index (χ0v) is 11.5. The molecule has 1 amide bonds. The minimum Gasteiger partial charge on any atom is -0.489 e. The molecule has 0 saturated heterocycles. The lowest BCUT2D eigenvalue weighted by Crippen LogP contribution is -2.28. The zero-order chi connectivity index (χ0) is 15.1. The number of hydrogen-bond donors (Lipinski definition) is 2. The van der Waals surface area contributed by atoms with Crippen LogP contribution in [0.15, 0.2) is 48.5 Å². The van der Waals surface area contributed by atoms with Crippen LogP contribution >= 0.6 is 0 Å². The number of carbonyl (C=O) groups excluding carboxylic acids is 1. The maximum atomic E-state index is 12.8. The first-order valence-corrected chi connectivity index (χ1v) is 6.59. The fourth-order valence-electron chi connectivity index (χ4n) is 1.78. The van der Waals surface area contributed by atoms with Crippen LogP contribution in [0.25, 0.3) is 0 Å². The van der Waals surface area contributed by atoms with E-state index < -0.39 is 0 Å². The van der Waals surface area contributed by atoms with Gasteiger partial charge in [-0.15, -0.1) is 0 Å². The fraction of sp³-hybridized carbons (Fsp3) is 0.188. The maximum absolute atomic E-state index is 12.8. The van der Waals surface area contributed by atoms with E-state index in [1.54, 1.807) is 12.1 Å². The summed E-state index contributed by atoms with van der Waals surface area (Å²) in [6.45, 7) is 1.16. The van der Waals surface area contributed by atoms with Gasteiger partial charge in [0.1, 0.15) is 18.2 Å². The average Bonchev–Trinajstić information content (AvgIpc) is 2.48. The monoisotopic (exact) mass is 288 g/mol. The first-order chi connectivity index (χ1) is 10.1. The molecule has 0 radical (unpaired) electrons. The van der Waals surface area contributed by atoms with Crippen molar-refractivity contribution >= 4 is 5.91 Å². The molecule has 0 bridgehead atoms. The van der Waals surface area contributed by atoms with E-state index in [-0.39, 0.29) is 18.3 Å². The molecule has 0 aromatic heterocycles. The minimum absolute atomic E-state index is 0.162. The van der Waals surface area contributed by atoms with Crippen LogP contribution in [0.1, 0.15) is 11.1 Å². The number of rotatable bonds is 7. The van der Waals surface area contributed by atoms with Crippen LogP contribution in [0.2, 0.25) is 0 Å². The van der Waals surface area contributed by atoms with Gasteiger partial charge in [-0.25, -0.2) is 4.39 Å². The van der Waals surface area contributed by atoms with E-state index in [0.29, 0.717) is 18.9 Å². The SMILES string of the molecule is NC(=O)CNCc1ccc(COc2ccc(F)cc2)cc1. The molecule has 0 unspecified atom stereocenters. The van der Waals surface area contributed by atoms with Gasteiger partial charge in [-0.2, -0.15) is 0 Å². The summed E-state index contributed by atoms with van der Waals surface area (Å²) in [6, 6.07) is 13.7. The van der Waals surface area contributed by atoms with E-state index in [2.05, 4.69) is 5.32 Å². The van der Waals surface area contributed by atoms with Gasteiger partial charge in [0.2, 0.25) is 5.91 Å². The molecule has 0 atom stereocenters. The Morgan fingerprint density at radius 3 is 2.29 bits per heavy atom. The summed E-state index contributed by atoms with van der Waals surface area (Å²) in [5.41, 5.74) is 7.11. The third-order valence-electron chi connectivity index (χ3n) is 2.87. The summed E-state index contributed by atoms with van der Waals surface area (Å²) in [7, 11) is 0. The number of hydrogen-bond acceptors (Lipinski definition) is 3. The second kappa shape index (κ2) is 7.40. The number of carbonyl (C=O) groups is 1. The van der Waals surface area contributed by atoms with E-state index in [1.165, 1.54) is 12.1 Å². The molecule has 3 N–H and O–H groups in total. The summed E-state index contributed by atoms with van der Waals surface area (Å²) < 4.78 is 18.3. The Balaban J connectivity index is 1.81. The van der Waals surface area contributed by atoms with Gasteiger partial charge in [0.25, 0.3) is 0 Å². The molecule has 0 fully saturated rings. The molecular weight excluding hydrogens is 271 g/mol. The topological polar surface area (TPSA) is 64.4 Å². The van der Waals surface area contributed by atoms with Gasteiger partial charge in [-0.05, 0) is 35.4 Å². The number of amides is 1. The van der Waals surface area contributed by atoms with E-state index in [9.17, 15) is 9.18 Å². The Bertz CT molecular complexity index is 582. The van der Waals surface area contributed by atoms with Gasteiger partial charge in [0.05, 0.1) is 6.54 Å². The highest BCUT2D eigenvalue weighted by Gasteiger charge is 1.99. The van der Waals surface area contributed by atoms with Crippen molar-refractivity contribution in [1.29, 1.82) is 0 Å². The summed E-state index contributed by atoms with van der Waals surface area (Å²) in [4.78, 5) is 10.6. The molecule has 0 aliphatic rings. The lowest BCUT2D eigenvalue weighted by Gasteiger charge is -2.07.